The quantitative estimate of drug-likeness (QED) is 0.298. The molecule has 4 aromatic rings. The van der Waals surface area contributed by atoms with Crippen LogP contribution in [0.3, 0.4) is 0 Å². The van der Waals surface area contributed by atoms with Gasteiger partial charge in [0.25, 0.3) is 5.92 Å². The number of aromatic nitrogens is 5. The van der Waals surface area contributed by atoms with Crippen LogP contribution < -0.4 is 9.64 Å². The Morgan fingerprint density at radius 3 is 2.80 bits per heavy atom. The first-order valence-electron chi connectivity index (χ1n) is 15.5. The SMILES string of the molecule is O[C@@]12CCCCN(CC1)c1nc(OCN3CCCC(F)(F)C3)nc3c(F)c(ncc13)-c1c(c(Cl)cc3[nH]ncc13)CCCOC2. The summed E-state index contributed by atoms with van der Waals surface area (Å²) in [6.07, 6.45) is 6.99. The van der Waals surface area contributed by atoms with E-state index in [1.807, 2.05) is 4.90 Å². The van der Waals surface area contributed by atoms with E-state index in [0.717, 1.165) is 12.8 Å². The normalized spacial score (nSPS) is 23.0. The molecule has 0 spiro atoms. The van der Waals surface area contributed by atoms with Crippen LogP contribution in [-0.4, -0.2) is 92.8 Å². The van der Waals surface area contributed by atoms with Crippen LogP contribution in [0.1, 0.15) is 50.5 Å². The summed E-state index contributed by atoms with van der Waals surface area (Å²) < 4.78 is 56.9. The standard InChI is InChI=1S/C31H35ClF3N7O3/c32-22-13-23-20(15-37-40-23)24-19(22)5-3-12-44-17-30(43)6-1-2-10-42(11-8-30)28-21-14-36-27(24)25(33)26(21)38-29(39-28)45-18-41-9-4-7-31(34,35)16-41/h13-15,43H,1-12,16-18H2,(H,37,40)/t30-/m0/s1. The minimum Gasteiger partial charge on any atom is -0.447 e. The topological polar surface area (TPSA) is 113 Å². The number of halogens is 4. The van der Waals surface area contributed by atoms with Crippen LogP contribution in [0.15, 0.2) is 18.5 Å². The van der Waals surface area contributed by atoms with Gasteiger partial charge in [0.15, 0.2) is 5.82 Å². The Morgan fingerprint density at radius 1 is 1.04 bits per heavy atom. The highest BCUT2D eigenvalue weighted by Gasteiger charge is 2.36. The van der Waals surface area contributed by atoms with Gasteiger partial charge in [0.1, 0.15) is 23.8 Å². The van der Waals surface area contributed by atoms with E-state index < -0.39 is 23.9 Å². The average molecular weight is 646 g/mol. The molecule has 4 aliphatic heterocycles. The maximum Gasteiger partial charge on any atom is 0.320 e. The molecule has 2 N–H and O–H groups in total. The lowest BCUT2D eigenvalue weighted by Crippen LogP contribution is -2.44. The van der Waals surface area contributed by atoms with E-state index >= 15 is 4.39 Å². The average Bonchev–Trinajstić information content (AvgIpc) is 3.46. The van der Waals surface area contributed by atoms with Crippen LogP contribution in [0.5, 0.6) is 6.01 Å². The van der Waals surface area contributed by atoms with E-state index in [0.29, 0.717) is 96.6 Å². The van der Waals surface area contributed by atoms with Crippen molar-refractivity contribution in [3.05, 3.63) is 34.9 Å². The lowest BCUT2D eigenvalue weighted by atomic mass is 9.91. The second kappa shape index (κ2) is 12.2. The van der Waals surface area contributed by atoms with Crippen LogP contribution >= 0.6 is 11.6 Å². The second-order valence-electron chi connectivity index (χ2n) is 12.4. The van der Waals surface area contributed by atoms with E-state index in [1.54, 1.807) is 18.5 Å². The van der Waals surface area contributed by atoms with Gasteiger partial charge in [-0.1, -0.05) is 11.6 Å². The van der Waals surface area contributed by atoms with E-state index in [2.05, 4.69) is 25.1 Å². The fourth-order valence-corrected chi connectivity index (χ4v) is 7.03. The number of aromatic amines is 1. The first-order chi connectivity index (χ1) is 21.7. The van der Waals surface area contributed by atoms with Gasteiger partial charge in [-0.3, -0.25) is 15.0 Å². The number of fused-ring (bicyclic) bond motifs is 6. The first-order valence-corrected chi connectivity index (χ1v) is 15.9. The number of hydrogen-bond acceptors (Lipinski definition) is 9. The van der Waals surface area contributed by atoms with Gasteiger partial charge in [-0.25, -0.2) is 13.2 Å². The molecular weight excluding hydrogens is 611 g/mol. The molecule has 14 heteroatoms. The zero-order valence-corrected chi connectivity index (χ0v) is 25.6. The number of rotatable bonds is 3. The molecule has 0 aliphatic carbocycles. The molecule has 0 amide bonds. The van der Waals surface area contributed by atoms with Gasteiger partial charge in [-0.15, -0.1) is 0 Å². The molecule has 45 heavy (non-hydrogen) atoms. The molecule has 0 radical (unpaired) electrons. The van der Waals surface area contributed by atoms with Crippen LogP contribution in [-0.2, 0) is 11.2 Å². The highest BCUT2D eigenvalue weighted by atomic mass is 35.5. The Morgan fingerprint density at radius 2 is 1.93 bits per heavy atom. The Hall–Kier alpha value is -3.26. The third-order valence-corrected chi connectivity index (χ3v) is 9.42. The molecule has 3 aromatic heterocycles. The number of nitrogens with zero attached hydrogens (tertiary/aromatic N) is 6. The summed E-state index contributed by atoms with van der Waals surface area (Å²) in [4.78, 5) is 17.3. The van der Waals surface area contributed by atoms with Gasteiger partial charge >= 0.3 is 6.01 Å². The van der Waals surface area contributed by atoms with Crippen molar-refractivity contribution in [3.8, 4) is 17.3 Å². The van der Waals surface area contributed by atoms with Crippen LogP contribution in [0.4, 0.5) is 19.0 Å². The van der Waals surface area contributed by atoms with Crippen molar-refractivity contribution < 1.29 is 27.8 Å². The molecular formula is C31H35ClF3N7O3. The third kappa shape index (κ3) is 6.15. The minimum absolute atomic E-state index is 0.000655. The van der Waals surface area contributed by atoms with Gasteiger partial charge in [0.2, 0.25) is 0 Å². The van der Waals surface area contributed by atoms with Gasteiger partial charge in [0, 0.05) is 54.8 Å². The predicted molar refractivity (Wildman–Crippen MR) is 163 cm³/mol. The third-order valence-electron chi connectivity index (χ3n) is 9.08. The molecule has 0 unspecified atom stereocenters. The number of pyridine rings is 1. The number of nitrogens with one attached hydrogen (secondary N) is 1. The monoisotopic (exact) mass is 645 g/mol. The first kappa shape index (κ1) is 30.4. The molecule has 4 aliphatic rings. The van der Waals surface area contributed by atoms with Crippen molar-refractivity contribution in [2.24, 2.45) is 0 Å². The highest BCUT2D eigenvalue weighted by Crippen LogP contribution is 2.40. The van der Waals surface area contributed by atoms with Crippen molar-refractivity contribution in [1.29, 1.82) is 0 Å². The van der Waals surface area contributed by atoms with Crippen LogP contribution in [0, 0.1) is 5.82 Å². The molecule has 0 saturated carbocycles. The molecule has 7 heterocycles. The summed E-state index contributed by atoms with van der Waals surface area (Å²) in [5.41, 5.74) is 0.862. The lowest BCUT2D eigenvalue weighted by molar-refractivity contribution is -0.0798. The number of alkyl halides is 2. The summed E-state index contributed by atoms with van der Waals surface area (Å²) in [7, 11) is 0. The number of anilines is 1. The summed E-state index contributed by atoms with van der Waals surface area (Å²) in [5, 5.41) is 20.1. The van der Waals surface area contributed by atoms with Crippen molar-refractivity contribution >= 4 is 39.2 Å². The minimum atomic E-state index is -2.80. The summed E-state index contributed by atoms with van der Waals surface area (Å²) in [5.74, 6) is -3.07. The fraction of sp³-hybridized carbons (Fsp3) is 0.548. The summed E-state index contributed by atoms with van der Waals surface area (Å²) >= 11 is 6.77. The Bertz CT molecular complexity index is 1720. The van der Waals surface area contributed by atoms with Crippen molar-refractivity contribution in [3.63, 3.8) is 0 Å². The fourth-order valence-electron chi connectivity index (χ4n) is 6.73. The molecule has 1 atom stereocenters. The maximum absolute atomic E-state index is 16.9. The predicted octanol–water partition coefficient (Wildman–Crippen LogP) is 5.50. The largest absolute Gasteiger partial charge is 0.447 e. The second-order valence-corrected chi connectivity index (χ2v) is 12.8. The van der Waals surface area contributed by atoms with Crippen molar-refractivity contribution in [1.82, 2.24) is 30.0 Å². The number of hydrogen-bond donors (Lipinski definition) is 2. The van der Waals surface area contributed by atoms with Crippen molar-refractivity contribution in [2.45, 2.75) is 62.9 Å². The van der Waals surface area contributed by atoms with Gasteiger partial charge in [-0.2, -0.15) is 15.1 Å². The number of likely N-dealkylation sites (tertiary alicyclic amines) is 1. The van der Waals surface area contributed by atoms with E-state index in [4.69, 9.17) is 21.1 Å². The van der Waals surface area contributed by atoms with Crippen molar-refractivity contribution in [2.75, 3.05) is 51.0 Å². The number of H-pyrrole nitrogens is 1. The Labute approximate surface area is 262 Å². The number of aliphatic hydroxyl groups is 1. The van der Waals surface area contributed by atoms with Crippen LogP contribution in [0.2, 0.25) is 5.02 Å². The smallest absolute Gasteiger partial charge is 0.320 e. The zero-order chi connectivity index (χ0) is 31.2. The molecule has 8 rings (SSSR count). The van der Waals surface area contributed by atoms with E-state index in [9.17, 15) is 13.9 Å². The van der Waals surface area contributed by atoms with E-state index in [-0.39, 0.29) is 37.0 Å². The maximum atomic E-state index is 16.9. The number of piperidine rings is 1. The summed E-state index contributed by atoms with van der Waals surface area (Å²) in [6, 6.07) is 1.64. The zero-order valence-electron chi connectivity index (χ0n) is 24.8. The number of ether oxygens (including phenoxy) is 2. The van der Waals surface area contributed by atoms with Crippen LogP contribution in [0.25, 0.3) is 33.1 Å². The Kier molecular flexibility index (Phi) is 8.21. The molecule has 6 bridgehead atoms. The molecule has 2 fully saturated rings. The Balaban J connectivity index is 1.38. The molecule has 2 saturated heterocycles. The molecule has 240 valence electrons. The van der Waals surface area contributed by atoms with Gasteiger partial charge in [-0.05, 0) is 56.6 Å². The number of benzene rings is 1. The lowest BCUT2D eigenvalue weighted by Gasteiger charge is -2.35. The molecule has 10 nitrogen and oxygen atoms in total. The van der Waals surface area contributed by atoms with Gasteiger partial charge < -0.3 is 19.5 Å². The molecule has 1 aromatic carbocycles. The van der Waals surface area contributed by atoms with Gasteiger partial charge in [0.05, 0.1) is 35.9 Å². The highest BCUT2D eigenvalue weighted by molar-refractivity contribution is 6.33. The summed E-state index contributed by atoms with van der Waals surface area (Å²) in [6.45, 7) is 1.49. The van der Waals surface area contributed by atoms with E-state index in [1.165, 1.54) is 4.90 Å².